The van der Waals surface area contributed by atoms with Crippen molar-refractivity contribution < 1.29 is 14.3 Å². The van der Waals surface area contributed by atoms with Gasteiger partial charge in [-0.3, -0.25) is 9.69 Å². The van der Waals surface area contributed by atoms with E-state index in [1.165, 1.54) is 11.3 Å². The van der Waals surface area contributed by atoms with E-state index >= 15 is 0 Å². The Morgan fingerprint density at radius 1 is 1.07 bits per heavy atom. The second kappa shape index (κ2) is 8.84. The number of aryl methyl sites for hydroxylation is 1. The Morgan fingerprint density at radius 2 is 1.75 bits per heavy atom. The van der Waals surface area contributed by atoms with Crippen LogP contribution in [0.1, 0.15) is 29.3 Å². The Hall–Kier alpha value is -2.93. The fourth-order valence-corrected chi connectivity index (χ4v) is 3.80. The first-order valence-electron chi connectivity index (χ1n) is 9.01. The van der Waals surface area contributed by atoms with Crippen LogP contribution in [0.15, 0.2) is 42.5 Å². The molecule has 1 heterocycles. The Kier molecular flexibility index (Phi) is 6.26. The molecule has 0 saturated heterocycles. The van der Waals surface area contributed by atoms with Gasteiger partial charge in [-0.25, -0.2) is 0 Å². The highest BCUT2D eigenvalue weighted by Crippen LogP contribution is 2.32. The van der Waals surface area contributed by atoms with Crippen LogP contribution in [-0.4, -0.2) is 36.9 Å². The van der Waals surface area contributed by atoms with Gasteiger partial charge in [0.25, 0.3) is 5.91 Å². The van der Waals surface area contributed by atoms with Crippen LogP contribution in [-0.2, 0) is 0 Å². The maximum Gasteiger partial charge on any atom is 0.260 e. The summed E-state index contributed by atoms with van der Waals surface area (Å²) >= 11 is 1.41. The third-order valence-corrected chi connectivity index (χ3v) is 5.29. The van der Waals surface area contributed by atoms with Crippen LogP contribution in [0.2, 0.25) is 0 Å². The molecule has 0 spiro atoms. The van der Waals surface area contributed by atoms with E-state index in [1.54, 1.807) is 37.3 Å². The molecule has 0 atom stereocenters. The standard InChI is InChI=1S/C21H23N3O3S/c1-5-10-24(20(25)15-11-16(26-3)13-17(12-15)27-4)21-23-22-19(28-21)18-9-7-6-8-14(18)2/h6-9,11-13H,5,10H2,1-4H3. The highest BCUT2D eigenvalue weighted by Gasteiger charge is 2.23. The minimum atomic E-state index is -0.161. The smallest absolute Gasteiger partial charge is 0.260 e. The molecule has 3 rings (SSSR count). The molecule has 146 valence electrons. The van der Waals surface area contributed by atoms with Gasteiger partial charge >= 0.3 is 0 Å². The zero-order chi connectivity index (χ0) is 20.1. The lowest BCUT2D eigenvalue weighted by atomic mass is 10.1. The third-order valence-electron chi connectivity index (χ3n) is 4.31. The summed E-state index contributed by atoms with van der Waals surface area (Å²) in [6.07, 6.45) is 0.798. The maximum absolute atomic E-state index is 13.2. The summed E-state index contributed by atoms with van der Waals surface area (Å²) in [5.74, 6) is 0.973. The number of amides is 1. The Morgan fingerprint density at radius 3 is 2.36 bits per heavy atom. The lowest BCUT2D eigenvalue weighted by Crippen LogP contribution is -2.31. The summed E-state index contributed by atoms with van der Waals surface area (Å²) in [5, 5.41) is 9.99. The van der Waals surface area contributed by atoms with Crippen molar-refractivity contribution in [3.8, 4) is 22.1 Å². The van der Waals surface area contributed by atoms with Crippen molar-refractivity contribution in [2.75, 3.05) is 25.7 Å². The second-order valence-corrected chi connectivity index (χ2v) is 7.22. The van der Waals surface area contributed by atoms with Gasteiger partial charge in [-0.05, 0) is 31.0 Å². The van der Waals surface area contributed by atoms with Gasteiger partial charge in [-0.2, -0.15) is 0 Å². The fourth-order valence-electron chi connectivity index (χ4n) is 2.84. The number of nitrogens with zero attached hydrogens (tertiary/aromatic N) is 3. The molecule has 1 amide bonds. The zero-order valence-corrected chi connectivity index (χ0v) is 17.2. The summed E-state index contributed by atoms with van der Waals surface area (Å²) < 4.78 is 10.6. The number of hydrogen-bond acceptors (Lipinski definition) is 6. The van der Waals surface area contributed by atoms with E-state index in [0.717, 1.165) is 22.6 Å². The second-order valence-electron chi connectivity index (χ2n) is 6.26. The summed E-state index contributed by atoms with van der Waals surface area (Å²) in [6.45, 7) is 4.60. The van der Waals surface area contributed by atoms with E-state index in [0.29, 0.717) is 28.7 Å². The maximum atomic E-state index is 13.2. The fraction of sp³-hybridized carbons (Fsp3) is 0.286. The molecule has 2 aromatic carbocycles. The predicted molar refractivity (Wildman–Crippen MR) is 112 cm³/mol. The number of benzene rings is 2. The molecule has 0 saturated carbocycles. The molecule has 28 heavy (non-hydrogen) atoms. The van der Waals surface area contributed by atoms with Crippen molar-refractivity contribution in [2.24, 2.45) is 0 Å². The number of ether oxygens (including phenoxy) is 2. The predicted octanol–water partition coefficient (Wildman–Crippen LogP) is 4.59. The number of anilines is 1. The Labute approximate surface area is 168 Å². The Bertz CT molecular complexity index is 949. The van der Waals surface area contributed by atoms with Crippen LogP contribution in [0.4, 0.5) is 5.13 Å². The van der Waals surface area contributed by atoms with Gasteiger partial charge in [0.15, 0.2) is 0 Å². The molecule has 0 aliphatic rings. The average molecular weight is 398 g/mol. The lowest BCUT2D eigenvalue weighted by Gasteiger charge is -2.19. The number of aromatic nitrogens is 2. The van der Waals surface area contributed by atoms with E-state index < -0.39 is 0 Å². The van der Waals surface area contributed by atoms with Crippen LogP contribution in [0.25, 0.3) is 10.6 Å². The first-order valence-corrected chi connectivity index (χ1v) is 9.83. The van der Waals surface area contributed by atoms with Crippen molar-refractivity contribution in [3.05, 3.63) is 53.6 Å². The van der Waals surface area contributed by atoms with E-state index in [4.69, 9.17) is 9.47 Å². The number of hydrogen-bond donors (Lipinski definition) is 0. The highest BCUT2D eigenvalue weighted by atomic mass is 32.1. The van der Waals surface area contributed by atoms with Crippen LogP contribution in [0.5, 0.6) is 11.5 Å². The molecular weight excluding hydrogens is 374 g/mol. The monoisotopic (exact) mass is 397 g/mol. The molecule has 0 fully saturated rings. The first-order chi connectivity index (χ1) is 13.6. The lowest BCUT2D eigenvalue weighted by molar-refractivity contribution is 0.0986. The number of rotatable bonds is 7. The molecule has 3 aromatic rings. The summed E-state index contributed by atoms with van der Waals surface area (Å²) in [5.41, 5.74) is 2.63. The average Bonchev–Trinajstić information content (AvgIpc) is 3.21. The van der Waals surface area contributed by atoms with Crippen LogP contribution in [0, 0.1) is 6.92 Å². The van der Waals surface area contributed by atoms with Gasteiger partial charge in [0.2, 0.25) is 5.13 Å². The largest absolute Gasteiger partial charge is 0.497 e. The van der Waals surface area contributed by atoms with Gasteiger partial charge in [-0.1, -0.05) is 42.5 Å². The normalized spacial score (nSPS) is 10.6. The molecule has 7 heteroatoms. The molecule has 0 radical (unpaired) electrons. The summed E-state index contributed by atoms with van der Waals surface area (Å²) in [4.78, 5) is 14.9. The summed E-state index contributed by atoms with van der Waals surface area (Å²) in [7, 11) is 3.12. The molecule has 0 unspecified atom stereocenters. The SMILES string of the molecule is CCCN(C(=O)c1cc(OC)cc(OC)c1)c1nnc(-c2ccccc2C)s1. The van der Waals surface area contributed by atoms with E-state index in [-0.39, 0.29) is 5.91 Å². The Balaban J connectivity index is 1.96. The zero-order valence-electron chi connectivity index (χ0n) is 16.4. The molecule has 0 aliphatic carbocycles. The van der Waals surface area contributed by atoms with Crippen molar-refractivity contribution in [2.45, 2.75) is 20.3 Å². The van der Waals surface area contributed by atoms with E-state index in [1.807, 2.05) is 38.1 Å². The molecule has 0 N–H and O–H groups in total. The van der Waals surface area contributed by atoms with Crippen molar-refractivity contribution in [1.29, 1.82) is 0 Å². The van der Waals surface area contributed by atoms with Crippen molar-refractivity contribution in [3.63, 3.8) is 0 Å². The van der Waals surface area contributed by atoms with Gasteiger partial charge in [0, 0.05) is 23.7 Å². The number of carbonyl (C=O) groups is 1. The molecule has 1 aromatic heterocycles. The first kappa shape index (κ1) is 19.8. The molecule has 0 bridgehead atoms. The molecular formula is C21H23N3O3S. The molecule has 0 aliphatic heterocycles. The third kappa shape index (κ3) is 4.14. The topological polar surface area (TPSA) is 64.6 Å². The van der Waals surface area contributed by atoms with Gasteiger partial charge < -0.3 is 9.47 Å². The van der Waals surface area contributed by atoms with E-state index in [9.17, 15) is 4.79 Å². The minimum absolute atomic E-state index is 0.161. The highest BCUT2D eigenvalue weighted by molar-refractivity contribution is 7.18. The van der Waals surface area contributed by atoms with Crippen LogP contribution >= 0.6 is 11.3 Å². The molecule has 6 nitrogen and oxygen atoms in total. The van der Waals surface area contributed by atoms with Crippen LogP contribution in [0.3, 0.4) is 0 Å². The minimum Gasteiger partial charge on any atom is -0.497 e. The van der Waals surface area contributed by atoms with Gasteiger partial charge in [0.1, 0.15) is 16.5 Å². The quantitative estimate of drug-likeness (QED) is 0.583. The number of carbonyl (C=O) groups excluding carboxylic acids is 1. The number of methoxy groups -OCH3 is 2. The van der Waals surface area contributed by atoms with E-state index in [2.05, 4.69) is 10.2 Å². The van der Waals surface area contributed by atoms with Gasteiger partial charge in [-0.15, -0.1) is 10.2 Å². The summed E-state index contributed by atoms with van der Waals surface area (Å²) in [6, 6.07) is 13.2. The van der Waals surface area contributed by atoms with Crippen molar-refractivity contribution >= 4 is 22.4 Å². The van der Waals surface area contributed by atoms with Gasteiger partial charge in [0.05, 0.1) is 14.2 Å². The van der Waals surface area contributed by atoms with Crippen LogP contribution < -0.4 is 14.4 Å². The van der Waals surface area contributed by atoms with Crippen molar-refractivity contribution in [1.82, 2.24) is 10.2 Å².